The number of rotatable bonds is 6. The minimum atomic E-state index is 0.528. The molecule has 5 heteroatoms. The van der Waals surface area contributed by atoms with Crippen LogP contribution < -0.4 is 10.1 Å². The highest BCUT2D eigenvalue weighted by molar-refractivity contribution is 9.10. The van der Waals surface area contributed by atoms with Crippen molar-refractivity contribution in [1.82, 2.24) is 10.3 Å². The van der Waals surface area contributed by atoms with Crippen LogP contribution in [0.2, 0.25) is 0 Å². The molecule has 0 aliphatic rings. The van der Waals surface area contributed by atoms with E-state index in [9.17, 15) is 0 Å². The molecule has 1 heterocycles. The summed E-state index contributed by atoms with van der Waals surface area (Å²) in [6.45, 7) is 4.42. The van der Waals surface area contributed by atoms with Crippen LogP contribution in [0.5, 0.6) is 5.75 Å². The first-order valence-electron chi connectivity index (χ1n) is 5.80. The predicted octanol–water partition coefficient (Wildman–Crippen LogP) is 3.59. The number of nitrogens with zero attached hydrogens (tertiary/aromatic N) is 1. The average molecular weight is 327 g/mol. The molecule has 0 bridgehead atoms. The van der Waals surface area contributed by atoms with Crippen molar-refractivity contribution in [2.45, 2.75) is 20.1 Å². The molecule has 0 fully saturated rings. The highest BCUT2D eigenvalue weighted by Gasteiger charge is 2.03. The first-order valence-corrected chi connectivity index (χ1v) is 7.47. The zero-order valence-corrected chi connectivity index (χ0v) is 12.6. The van der Waals surface area contributed by atoms with Crippen molar-refractivity contribution in [2.24, 2.45) is 0 Å². The van der Waals surface area contributed by atoms with Gasteiger partial charge in [-0.25, -0.2) is 4.98 Å². The van der Waals surface area contributed by atoms with E-state index < -0.39 is 0 Å². The average Bonchev–Trinajstić information content (AvgIpc) is 2.89. The summed E-state index contributed by atoms with van der Waals surface area (Å²) in [6.07, 6.45) is 1.79. The zero-order chi connectivity index (χ0) is 12.8. The Kier molecular flexibility index (Phi) is 5.16. The number of benzene rings is 1. The summed E-state index contributed by atoms with van der Waals surface area (Å²) in [4.78, 5) is 4.19. The van der Waals surface area contributed by atoms with E-state index in [-0.39, 0.29) is 0 Å². The Hall–Kier alpha value is -0.910. The first kappa shape index (κ1) is 13.5. The molecule has 0 saturated carbocycles. The Morgan fingerprint density at radius 1 is 1.44 bits per heavy atom. The van der Waals surface area contributed by atoms with Gasteiger partial charge in [0.15, 0.2) is 0 Å². The van der Waals surface area contributed by atoms with Gasteiger partial charge in [0, 0.05) is 22.6 Å². The Morgan fingerprint density at radius 3 is 3.06 bits per heavy atom. The van der Waals surface area contributed by atoms with Crippen molar-refractivity contribution in [1.29, 1.82) is 0 Å². The van der Waals surface area contributed by atoms with Crippen molar-refractivity contribution >= 4 is 27.3 Å². The fourth-order valence-corrected chi connectivity index (χ4v) is 2.42. The summed E-state index contributed by atoms with van der Waals surface area (Å²) in [5.74, 6) is 0.876. The lowest BCUT2D eigenvalue weighted by molar-refractivity contribution is 0.305. The minimum absolute atomic E-state index is 0.528. The van der Waals surface area contributed by atoms with Crippen LogP contribution >= 0.6 is 27.3 Å². The van der Waals surface area contributed by atoms with Crippen LogP contribution in [-0.4, -0.2) is 11.5 Å². The maximum atomic E-state index is 5.73. The van der Waals surface area contributed by atoms with Gasteiger partial charge in [-0.05, 0) is 30.3 Å². The molecule has 1 aromatic carbocycles. The van der Waals surface area contributed by atoms with Gasteiger partial charge in [0.1, 0.15) is 17.4 Å². The molecule has 0 aliphatic carbocycles. The molecule has 1 aromatic heterocycles. The van der Waals surface area contributed by atoms with E-state index in [1.807, 2.05) is 17.5 Å². The Labute approximate surface area is 119 Å². The third-order valence-electron chi connectivity index (χ3n) is 2.43. The number of hydrogen-bond donors (Lipinski definition) is 1. The van der Waals surface area contributed by atoms with Gasteiger partial charge in [-0.3, -0.25) is 0 Å². The second kappa shape index (κ2) is 6.87. The molecular weight excluding hydrogens is 312 g/mol. The van der Waals surface area contributed by atoms with Crippen LogP contribution in [-0.2, 0) is 13.2 Å². The minimum Gasteiger partial charge on any atom is -0.486 e. The lowest BCUT2D eigenvalue weighted by Gasteiger charge is -2.09. The monoisotopic (exact) mass is 326 g/mol. The third-order valence-corrected chi connectivity index (χ3v) is 3.96. The SMILES string of the molecule is CCNCc1cc(OCc2nccs2)ccc1Br. The third kappa shape index (κ3) is 3.80. The van der Waals surface area contributed by atoms with E-state index in [4.69, 9.17) is 4.74 Å². The van der Waals surface area contributed by atoms with Crippen molar-refractivity contribution in [3.05, 3.63) is 44.8 Å². The van der Waals surface area contributed by atoms with Crippen LogP contribution in [0.15, 0.2) is 34.2 Å². The molecule has 96 valence electrons. The normalized spacial score (nSPS) is 10.6. The van der Waals surface area contributed by atoms with Crippen molar-refractivity contribution < 1.29 is 4.74 Å². The molecule has 2 rings (SSSR count). The predicted molar refractivity (Wildman–Crippen MR) is 78.0 cm³/mol. The second-order valence-corrected chi connectivity index (χ2v) is 5.58. The van der Waals surface area contributed by atoms with Gasteiger partial charge in [0.05, 0.1) is 0 Å². The summed E-state index contributed by atoms with van der Waals surface area (Å²) in [6, 6.07) is 6.04. The van der Waals surface area contributed by atoms with E-state index in [1.54, 1.807) is 17.5 Å². The van der Waals surface area contributed by atoms with Gasteiger partial charge < -0.3 is 10.1 Å². The van der Waals surface area contributed by atoms with Crippen LogP contribution in [0.4, 0.5) is 0 Å². The van der Waals surface area contributed by atoms with Crippen LogP contribution in [0.25, 0.3) is 0 Å². The molecule has 2 aromatic rings. The summed E-state index contributed by atoms with van der Waals surface area (Å²) in [7, 11) is 0. The maximum absolute atomic E-state index is 5.73. The largest absolute Gasteiger partial charge is 0.486 e. The quantitative estimate of drug-likeness (QED) is 0.880. The number of halogens is 1. The van der Waals surface area contributed by atoms with Crippen molar-refractivity contribution in [3.8, 4) is 5.75 Å². The molecule has 3 nitrogen and oxygen atoms in total. The highest BCUT2D eigenvalue weighted by Crippen LogP contribution is 2.23. The van der Waals surface area contributed by atoms with Gasteiger partial charge in [-0.2, -0.15) is 0 Å². The molecule has 0 atom stereocenters. The van der Waals surface area contributed by atoms with Crippen molar-refractivity contribution in [3.63, 3.8) is 0 Å². The van der Waals surface area contributed by atoms with Crippen LogP contribution in [0.3, 0.4) is 0 Å². The first-order chi connectivity index (χ1) is 8.79. The molecule has 0 spiro atoms. The van der Waals surface area contributed by atoms with E-state index in [0.29, 0.717) is 6.61 Å². The van der Waals surface area contributed by atoms with E-state index in [0.717, 1.165) is 28.3 Å². The Balaban J connectivity index is 2.00. The Bertz CT molecular complexity index is 488. The fourth-order valence-electron chi connectivity index (χ4n) is 1.51. The molecule has 0 aliphatic heterocycles. The molecule has 1 N–H and O–H groups in total. The zero-order valence-electron chi connectivity index (χ0n) is 10.1. The molecule has 0 radical (unpaired) electrons. The fraction of sp³-hybridized carbons (Fsp3) is 0.308. The van der Waals surface area contributed by atoms with Gasteiger partial charge >= 0.3 is 0 Å². The van der Waals surface area contributed by atoms with Gasteiger partial charge in [-0.15, -0.1) is 11.3 Å². The lowest BCUT2D eigenvalue weighted by Crippen LogP contribution is -2.12. The summed E-state index contributed by atoms with van der Waals surface area (Å²) >= 11 is 5.15. The smallest absolute Gasteiger partial charge is 0.140 e. The molecule has 0 amide bonds. The maximum Gasteiger partial charge on any atom is 0.140 e. The summed E-state index contributed by atoms with van der Waals surface area (Å²) < 4.78 is 6.83. The number of nitrogens with one attached hydrogen (secondary N) is 1. The summed E-state index contributed by atoms with van der Waals surface area (Å²) in [5.41, 5.74) is 1.20. The van der Waals surface area contributed by atoms with Gasteiger partial charge in [0.25, 0.3) is 0 Å². The lowest BCUT2D eigenvalue weighted by atomic mass is 10.2. The molecule has 0 saturated heterocycles. The van der Waals surface area contributed by atoms with Crippen molar-refractivity contribution in [2.75, 3.05) is 6.54 Å². The summed E-state index contributed by atoms with van der Waals surface area (Å²) in [5, 5.41) is 6.25. The van der Waals surface area contributed by atoms with Gasteiger partial charge in [0.2, 0.25) is 0 Å². The van der Waals surface area contributed by atoms with Crippen LogP contribution in [0, 0.1) is 0 Å². The number of thiazole rings is 1. The molecule has 18 heavy (non-hydrogen) atoms. The second-order valence-electron chi connectivity index (χ2n) is 3.75. The van der Waals surface area contributed by atoms with E-state index >= 15 is 0 Å². The van der Waals surface area contributed by atoms with Crippen LogP contribution in [0.1, 0.15) is 17.5 Å². The highest BCUT2D eigenvalue weighted by atomic mass is 79.9. The van der Waals surface area contributed by atoms with E-state index in [2.05, 4.69) is 39.2 Å². The molecular formula is C13H15BrN2OS. The molecule has 0 unspecified atom stereocenters. The topological polar surface area (TPSA) is 34.1 Å². The Morgan fingerprint density at radius 2 is 2.33 bits per heavy atom. The number of aromatic nitrogens is 1. The van der Waals surface area contributed by atoms with E-state index in [1.165, 1.54) is 5.56 Å². The number of hydrogen-bond acceptors (Lipinski definition) is 4. The standard InChI is InChI=1S/C13H15BrN2OS/c1-2-15-8-10-7-11(3-4-12(10)14)17-9-13-16-5-6-18-13/h3-7,15H,2,8-9H2,1H3. The van der Waals surface area contributed by atoms with Gasteiger partial charge in [-0.1, -0.05) is 22.9 Å². The number of ether oxygens (including phenoxy) is 1.